The number of rotatable bonds is 7. The van der Waals surface area contributed by atoms with Gasteiger partial charge in [0.1, 0.15) is 23.3 Å². The van der Waals surface area contributed by atoms with Gasteiger partial charge in [-0.15, -0.1) is 0 Å². The van der Waals surface area contributed by atoms with Crippen molar-refractivity contribution in [2.75, 3.05) is 23.1 Å². The topological polar surface area (TPSA) is 101 Å². The number of nitrogens with one attached hydrogen (secondary N) is 3. The van der Waals surface area contributed by atoms with E-state index in [2.05, 4.69) is 35.6 Å². The Labute approximate surface area is 198 Å². The molecule has 0 saturated heterocycles. The summed E-state index contributed by atoms with van der Waals surface area (Å²) in [7, 11) is 0.977. The maximum Gasteiger partial charge on any atom is 0.258 e. The maximum absolute atomic E-state index is 14.4. The molecular formula is C24H19F3N6O2. The number of methoxy groups -OCH3 is 1. The molecule has 8 nitrogen and oxygen atoms in total. The Morgan fingerprint density at radius 2 is 1.54 bits per heavy atom. The zero-order chi connectivity index (χ0) is 24.9. The van der Waals surface area contributed by atoms with Crippen LogP contribution in [0.5, 0.6) is 5.75 Å². The van der Waals surface area contributed by atoms with E-state index in [9.17, 15) is 18.0 Å². The molecule has 2 aromatic carbocycles. The third-order valence-electron chi connectivity index (χ3n) is 4.74. The number of hydrogen-bond acceptors (Lipinski definition) is 7. The number of ether oxygens (including phenoxy) is 1. The Hall–Kier alpha value is -4.67. The Morgan fingerprint density at radius 1 is 0.857 bits per heavy atom. The van der Waals surface area contributed by atoms with Crippen molar-refractivity contribution in [2.45, 2.75) is 6.92 Å². The lowest BCUT2D eigenvalue weighted by Crippen LogP contribution is -2.15. The molecule has 2 aromatic heterocycles. The number of halogens is 3. The lowest BCUT2D eigenvalue weighted by atomic mass is 10.1. The second kappa shape index (κ2) is 10.1. The Balaban J connectivity index is 1.46. The summed E-state index contributed by atoms with van der Waals surface area (Å²) in [5.41, 5.74) is 0.262. The van der Waals surface area contributed by atoms with Crippen molar-refractivity contribution in [1.82, 2.24) is 15.0 Å². The van der Waals surface area contributed by atoms with Crippen molar-refractivity contribution in [3.8, 4) is 5.75 Å². The molecule has 2 heterocycles. The van der Waals surface area contributed by atoms with Crippen LogP contribution in [-0.4, -0.2) is 28.0 Å². The van der Waals surface area contributed by atoms with E-state index < -0.39 is 34.7 Å². The van der Waals surface area contributed by atoms with Crippen LogP contribution in [0.3, 0.4) is 0 Å². The summed E-state index contributed by atoms with van der Waals surface area (Å²) in [6.45, 7) is 1.75. The van der Waals surface area contributed by atoms with Crippen LogP contribution >= 0.6 is 0 Å². The highest BCUT2D eigenvalue weighted by atomic mass is 19.2. The molecule has 4 rings (SSSR count). The third-order valence-corrected chi connectivity index (χ3v) is 4.74. The molecule has 0 atom stereocenters. The molecule has 0 radical (unpaired) electrons. The molecule has 11 heteroatoms. The first-order valence-electron chi connectivity index (χ1n) is 10.3. The summed E-state index contributed by atoms with van der Waals surface area (Å²) in [5.74, 6) is -3.90. The summed E-state index contributed by atoms with van der Waals surface area (Å²) in [5, 5.41) is 8.67. The monoisotopic (exact) mass is 480 g/mol. The van der Waals surface area contributed by atoms with Gasteiger partial charge in [-0.3, -0.25) is 4.79 Å². The quantitative estimate of drug-likeness (QED) is 0.307. The summed E-state index contributed by atoms with van der Waals surface area (Å²) in [4.78, 5) is 25.3. The van der Waals surface area contributed by atoms with Gasteiger partial charge in [-0.05, 0) is 49.4 Å². The predicted octanol–water partition coefficient (Wildman–Crippen LogP) is 5.35. The summed E-state index contributed by atoms with van der Waals surface area (Å²) in [6, 6.07) is 14.1. The SMILES string of the molecule is COc1c(F)c(F)cc(C(=O)Nc2ccc(Nc3cc(Nc4ccccn4)nc(C)n3)cc2)c1F. The minimum atomic E-state index is -1.50. The van der Waals surface area contributed by atoms with Crippen LogP contribution in [0, 0.1) is 24.4 Å². The lowest BCUT2D eigenvalue weighted by molar-refractivity contribution is 0.102. The number of carbonyl (C=O) groups is 1. The molecule has 3 N–H and O–H groups in total. The number of aromatic nitrogens is 3. The van der Waals surface area contributed by atoms with Crippen molar-refractivity contribution < 1.29 is 22.7 Å². The van der Waals surface area contributed by atoms with E-state index in [0.717, 1.165) is 7.11 Å². The molecule has 4 aromatic rings. The van der Waals surface area contributed by atoms with Gasteiger partial charge >= 0.3 is 0 Å². The third kappa shape index (κ3) is 5.46. The van der Waals surface area contributed by atoms with Crippen LogP contribution in [-0.2, 0) is 0 Å². The average Bonchev–Trinajstić information content (AvgIpc) is 2.83. The van der Waals surface area contributed by atoms with Crippen LogP contribution in [0.15, 0.2) is 60.8 Å². The van der Waals surface area contributed by atoms with Gasteiger partial charge in [0.15, 0.2) is 17.4 Å². The summed E-state index contributed by atoms with van der Waals surface area (Å²) >= 11 is 0. The molecule has 178 valence electrons. The fourth-order valence-corrected chi connectivity index (χ4v) is 3.17. The van der Waals surface area contributed by atoms with E-state index in [0.29, 0.717) is 40.7 Å². The Bertz CT molecular complexity index is 1370. The molecule has 0 aliphatic carbocycles. The fourth-order valence-electron chi connectivity index (χ4n) is 3.17. The molecule has 0 saturated carbocycles. The van der Waals surface area contributed by atoms with E-state index >= 15 is 0 Å². The maximum atomic E-state index is 14.4. The average molecular weight is 480 g/mol. The number of pyridine rings is 1. The highest BCUT2D eigenvalue weighted by Gasteiger charge is 2.23. The van der Waals surface area contributed by atoms with Crippen molar-refractivity contribution in [2.24, 2.45) is 0 Å². The normalized spacial score (nSPS) is 10.5. The van der Waals surface area contributed by atoms with Gasteiger partial charge in [-0.2, -0.15) is 4.39 Å². The van der Waals surface area contributed by atoms with E-state index in [1.165, 1.54) is 0 Å². The lowest BCUT2D eigenvalue weighted by Gasteiger charge is -2.12. The molecule has 0 unspecified atom stereocenters. The highest BCUT2D eigenvalue weighted by Crippen LogP contribution is 2.28. The number of hydrogen-bond donors (Lipinski definition) is 3. The van der Waals surface area contributed by atoms with Gasteiger partial charge in [0.25, 0.3) is 5.91 Å². The second-order valence-electron chi connectivity index (χ2n) is 7.25. The van der Waals surface area contributed by atoms with Crippen molar-refractivity contribution in [1.29, 1.82) is 0 Å². The first-order chi connectivity index (χ1) is 16.8. The van der Waals surface area contributed by atoms with Gasteiger partial charge in [-0.25, -0.2) is 23.7 Å². The number of carbonyl (C=O) groups excluding carboxylic acids is 1. The standard InChI is InChI=1S/C24H19F3N6O2/c1-13-29-19(12-20(30-13)33-18-5-3-4-10-28-18)31-14-6-8-15(9-7-14)32-24(34)16-11-17(25)22(27)23(35-2)21(16)26/h3-12H,1-2H3,(H,32,34)(H2,28,29,30,31,33). The number of nitrogens with zero attached hydrogens (tertiary/aromatic N) is 3. The molecule has 0 spiro atoms. The summed E-state index contributed by atoms with van der Waals surface area (Å²) in [6.07, 6.45) is 1.66. The minimum Gasteiger partial charge on any atom is -0.491 e. The van der Waals surface area contributed by atoms with Crippen LogP contribution in [0.2, 0.25) is 0 Å². The molecule has 1 amide bonds. The van der Waals surface area contributed by atoms with Crippen LogP contribution in [0.25, 0.3) is 0 Å². The molecule has 0 aliphatic heterocycles. The van der Waals surface area contributed by atoms with Gasteiger partial charge in [-0.1, -0.05) is 6.07 Å². The minimum absolute atomic E-state index is 0.306. The van der Waals surface area contributed by atoms with E-state index in [4.69, 9.17) is 0 Å². The number of amides is 1. The van der Waals surface area contributed by atoms with Crippen LogP contribution in [0.4, 0.5) is 42.0 Å². The van der Waals surface area contributed by atoms with E-state index in [1.54, 1.807) is 55.6 Å². The first kappa shape index (κ1) is 23.5. The highest BCUT2D eigenvalue weighted by molar-refractivity contribution is 6.04. The van der Waals surface area contributed by atoms with Crippen molar-refractivity contribution in [3.05, 3.63) is 89.6 Å². The predicted molar refractivity (Wildman–Crippen MR) is 125 cm³/mol. The van der Waals surface area contributed by atoms with E-state index in [1.807, 2.05) is 6.07 Å². The fraction of sp³-hybridized carbons (Fsp3) is 0.0833. The van der Waals surface area contributed by atoms with Gasteiger partial charge in [0.05, 0.1) is 12.7 Å². The first-order valence-corrected chi connectivity index (χ1v) is 10.3. The van der Waals surface area contributed by atoms with Crippen LogP contribution in [0.1, 0.15) is 16.2 Å². The number of aryl methyl sites for hydroxylation is 1. The number of benzene rings is 2. The Kier molecular flexibility index (Phi) is 6.76. The number of anilines is 5. The largest absolute Gasteiger partial charge is 0.491 e. The molecule has 35 heavy (non-hydrogen) atoms. The van der Waals surface area contributed by atoms with Crippen molar-refractivity contribution >= 4 is 34.7 Å². The molecule has 0 fully saturated rings. The van der Waals surface area contributed by atoms with Crippen LogP contribution < -0.4 is 20.7 Å². The zero-order valence-corrected chi connectivity index (χ0v) is 18.6. The van der Waals surface area contributed by atoms with Crippen molar-refractivity contribution in [3.63, 3.8) is 0 Å². The molecular weight excluding hydrogens is 461 g/mol. The van der Waals surface area contributed by atoms with E-state index in [-0.39, 0.29) is 0 Å². The summed E-state index contributed by atoms with van der Waals surface area (Å²) < 4.78 is 46.2. The molecule has 0 aliphatic rings. The smallest absolute Gasteiger partial charge is 0.258 e. The molecule has 0 bridgehead atoms. The van der Waals surface area contributed by atoms with Gasteiger partial charge < -0.3 is 20.7 Å². The second-order valence-corrected chi connectivity index (χ2v) is 7.25. The van der Waals surface area contributed by atoms with Gasteiger partial charge in [0.2, 0.25) is 5.82 Å². The zero-order valence-electron chi connectivity index (χ0n) is 18.6. The Morgan fingerprint density at radius 3 is 2.20 bits per heavy atom. The van der Waals surface area contributed by atoms with Gasteiger partial charge in [0, 0.05) is 23.6 Å².